The number of hydrogen-bond donors (Lipinski definition) is 3. The van der Waals surface area contributed by atoms with Gasteiger partial charge in [-0.25, -0.2) is 0 Å². The highest BCUT2D eigenvalue weighted by atomic mass is 16.5. The number of anilines is 3. The van der Waals surface area contributed by atoms with E-state index in [1.54, 1.807) is 14.1 Å². The number of phenolic OH excluding ortho intramolecular Hbond substituents is 2. The first-order valence-electron chi connectivity index (χ1n) is 7.36. The van der Waals surface area contributed by atoms with Crippen LogP contribution in [0.3, 0.4) is 0 Å². The summed E-state index contributed by atoms with van der Waals surface area (Å²) in [4.78, 5) is 15.7. The van der Waals surface area contributed by atoms with Crippen molar-refractivity contribution in [3.63, 3.8) is 0 Å². The van der Waals surface area contributed by atoms with Gasteiger partial charge in [-0.05, 0) is 18.2 Å². The monoisotopic (exact) mass is 329 g/mol. The molecule has 126 valence electrons. The van der Waals surface area contributed by atoms with E-state index >= 15 is 0 Å². The molecule has 2 aromatic carbocycles. The van der Waals surface area contributed by atoms with E-state index < -0.39 is 11.5 Å². The Morgan fingerprint density at radius 1 is 1.12 bits per heavy atom. The number of phenols is 2. The maximum absolute atomic E-state index is 12.4. The third-order valence-corrected chi connectivity index (χ3v) is 3.83. The van der Waals surface area contributed by atoms with Crippen LogP contribution in [0.2, 0.25) is 0 Å². The fourth-order valence-corrected chi connectivity index (χ4v) is 2.49. The summed E-state index contributed by atoms with van der Waals surface area (Å²) >= 11 is 0. The molecule has 0 radical (unpaired) electrons. The quantitative estimate of drug-likeness (QED) is 0.495. The Morgan fingerprint density at radius 2 is 1.83 bits per heavy atom. The lowest BCUT2D eigenvalue weighted by molar-refractivity contribution is 0.0827. The number of nitrogens with one attached hydrogen (secondary N) is 1. The molecule has 1 amide bonds. The lowest BCUT2D eigenvalue weighted by Gasteiger charge is -2.26. The van der Waals surface area contributed by atoms with E-state index in [4.69, 9.17) is 4.74 Å². The Bertz CT molecular complexity index is 831. The summed E-state index contributed by atoms with van der Waals surface area (Å²) in [6.07, 6.45) is 0. The van der Waals surface area contributed by atoms with Crippen molar-refractivity contribution in [3.8, 4) is 23.0 Å². The van der Waals surface area contributed by atoms with E-state index in [-0.39, 0.29) is 17.2 Å². The minimum atomic E-state index is -0.409. The first-order chi connectivity index (χ1) is 11.3. The molecular weight excluding hydrogens is 310 g/mol. The van der Waals surface area contributed by atoms with Gasteiger partial charge in [-0.15, -0.1) is 0 Å². The average Bonchev–Trinajstić information content (AvgIpc) is 2.55. The third kappa shape index (κ3) is 2.44. The number of rotatable bonds is 2. The largest absolute Gasteiger partial charge is 0.504 e. The van der Waals surface area contributed by atoms with Gasteiger partial charge >= 0.3 is 0 Å². The van der Waals surface area contributed by atoms with E-state index in [0.29, 0.717) is 17.1 Å². The van der Waals surface area contributed by atoms with Crippen molar-refractivity contribution in [2.45, 2.75) is 0 Å². The number of nitrogens with zero attached hydrogens (tertiary/aromatic N) is 2. The van der Waals surface area contributed by atoms with Crippen molar-refractivity contribution in [3.05, 3.63) is 29.8 Å². The molecule has 7 nitrogen and oxygen atoms in total. The zero-order valence-corrected chi connectivity index (χ0v) is 13.9. The van der Waals surface area contributed by atoms with Gasteiger partial charge in [-0.1, -0.05) is 0 Å². The van der Waals surface area contributed by atoms with Crippen LogP contribution in [0.15, 0.2) is 24.3 Å². The Morgan fingerprint density at radius 3 is 2.46 bits per heavy atom. The molecule has 0 aliphatic carbocycles. The van der Waals surface area contributed by atoms with Gasteiger partial charge in [0.1, 0.15) is 0 Å². The van der Waals surface area contributed by atoms with Crippen LogP contribution in [0.4, 0.5) is 17.1 Å². The highest BCUT2D eigenvalue weighted by Crippen LogP contribution is 2.52. The molecule has 2 aromatic rings. The minimum absolute atomic E-state index is 0.0311. The summed E-state index contributed by atoms with van der Waals surface area (Å²) in [5.41, 5.74) is 2.14. The topological polar surface area (TPSA) is 85.3 Å². The SMILES string of the molecule is CN(C)C(=O)c1cc(O)c(O)c2c1Nc1ccc(N(C)C)cc1O2. The molecule has 0 fully saturated rings. The Kier molecular flexibility index (Phi) is 3.63. The molecule has 1 aliphatic heterocycles. The predicted octanol–water partition coefficient (Wildman–Crippen LogP) is 2.71. The summed E-state index contributed by atoms with van der Waals surface area (Å²) in [5.74, 6) is -0.603. The fourth-order valence-electron chi connectivity index (χ4n) is 2.49. The first-order valence-corrected chi connectivity index (χ1v) is 7.36. The second kappa shape index (κ2) is 5.52. The second-order valence-electron chi connectivity index (χ2n) is 6.00. The highest BCUT2D eigenvalue weighted by Gasteiger charge is 2.29. The molecule has 7 heteroatoms. The van der Waals surface area contributed by atoms with Crippen LogP contribution in [-0.2, 0) is 0 Å². The van der Waals surface area contributed by atoms with E-state index in [0.717, 1.165) is 5.69 Å². The summed E-state index contributed by atoms with van der Waals surface area (Å²) < 4.78 is 5.78. The highest BCUT2D eigenvalue weighted by molar-refractivity contribution is 6.04. The molecule has 0 atom stereocenters. The predicted molar refractivity (Wildman–Crippen MR) is 91.9 cm³/mol. The van der Waals surface area contributed by atoms with Gasteiger partial charge in [-0.3, -0.25) is 4.79 Å². The molecule has 0 spiro atoms. The number of amides is 1. The number of carbonyl (C=O) groups excluding carboxylic acids is 1. The third-order valence-electron chi connectivity index (χ3n) is 3.83. The minimum Gasteiger partial charge on any atom is -0.504 e. The molecule has 0 aromatic heterocycles. The summed E-state index contributed by atoms with van der Waals surface area (Å²) in [6.45, 7) is 0. The van der Waals surface area contributed by atoms with Gasteiger partial charge in [0.15, 0.2) is 17.2 Å². The molecule has 3 rings (SSSR count). The average molecular weight is 329 g/mol. The van der Waals surface area contributed by atoms with Crippen molar-refractivity contribution in [2.24, 2.45) is 0 Å². The molecule has 24 heavy (non-hydrogen) atoms. The van der Waals surface area contributed by atoms with Gasteiger partial charge in [-0.2, -0.15) is 0 Å². The van der Waals surface area contributed by atoms with E-state index in [1.807, 2.05) is 37.2 Å². The van der Waals surface area contributed by atoms with Crippen LogP contribution in [0.25, 0.3) is 0 Å². The van der Waals surface area contributed by atoms with Crippen molar-refractivity contribution in [1.29, 1.82) is 0 Å². The van der Waals surface area contributed by atoms with Crippen molar-refractivity contribution in [1.82, 2.24) is 4.90 Å². The van der Waals surface area contributed by atoms with E-state index in [2.05, 4.69) is 5.32 Å². The van der Waals surface area contributed by atoms with Gasteiger partial charge in [0, 0.05) is 39.9 Å². The van der Waals surface area contributed by atoms with Crippen LogP contribution in [0.5, 0.6) is 23.0 Å². The van der Waals surface area contributed by atoms with Gasteiger partial charge in [0.2, 0.25) is 5.75 Å². The van der Waals surface area contributed by atoms with Crippen molar-refractivity contribution in [2.75, 3.05) is 38.4 Å². The maximum Gasteiger partial charge on any atom is 0.255 e. The maximum atomic E-state index is 12.4. The molecule has 3 N–H and O–H groups in total. The van der Waals surface area contributed by atoms with E-state index in [9.17, 15) is 15.0 Å². The van der Waals surface area contributed by atoms with Crippen LogP contribution >= 0.6 is 0 Å². The summed E-state index contributed by atoms with van der Waals surface area (Å²) in [5, 5.41) is 23.2. The number of fused-ring (bicyclic) bond motifs is 2. The van der Waals surface area contributed by atoms with Gasteiger partial charge < -0.3 is 30.1 Å². The zero-order valence-electron chi connectivity index (χ0n) is 13.9. The molecule has 0 bridgehead atoms. The molecular formula is C17H19N3O4. The Hall–Kier alpha value is -3.09. The number of hydrogen-bond acceptors (Lipinski definition) is 6. The van der Waals surface area contributed by atoms with Crippen LogP contribution in [0.1, 0.15) is 10.4 Å². The number of carbonyl (C=O) groups is 1. The number of aromatic hydroxyl groups is 2. The van der Waals surface area contributed by atoms with Crippen molar-refractivity contribution < 1.29 is 19.7 Å². The molecule has 0 saturated carbocycles. The van der Waals surface area contributed by atoms with E-state index in [1.165, 1.54) is 11.0 Å². The van der Waals surface area contributed by atoms with Gasteiger partial charge in [0.25, 0.3) is 5.91 Å². The first kappa shape index (κ1) is 15.8. The van der Waals surface area contributed by atoms with Crippen LogP contribution < -0.4 is 15.0 Å². The summed E-state index contributed by atoms with van der Waals surface area (Å²) in [6, 6.07) is 6.78. The smallest absolute Gasteiger partial charge is 0.255 e. The van der Waals surface area contributed by atoms with Gasteiger partial charge in [0.05, 0.1) is 16.9 Å². The Labute approximate surface area is 139 Å². The lowest BCUT2D eigenvalue weighted by atomic mass is 10.1. The summed E-state index contributed by atoms with van der Waals surface area (Å²) in [7, 11) is 7.03. The molecule has 1 heterocycles. The lowest BCUT2D eigenvalue weighted by Crippen LogP contribution is -2.23. The number of benzene rings is 2. The molecule has 0 saturated heterocycles. The van der Waals surface area contributed by atoms with Crippen LogP contribution in [0, 0.1) is 0 Å². The normalized spacial score (nSPS) is 11.7. The molecule has 1 aliphatic rings. The second-order valence-corrected chi connectivity index (χ2v) is 6.00. The zero-order chi connectivity index (χ0) is 17.6. The number of ether oxygens (including phenoxy) is 1. The Balaban J connectivity index is 2.14. The standard InChI is InChI=1S/C17H19N3O4/c1-19(2)9-5-6-11-13(7-9)24-16-14(18-11)10(17(23)20(3)4)8-12(21)15(16)22/h5-8,18,21-22H,1-4H3. The fraction of sp³-hybridized carbons (Fsp3) is 0.235. The van der Waals surface area contributed by atoms with Crippen molar-refractivity contribution >= 4 is 23.0 Å². The molecule has 0 unspecified atom stereocenters. The van der Waals surface area contributed by atoms with Crippen LogP contribution in [-0.4, -0.2) is 49.2 Å².